The number of amides is 1. The van der Waals surface area contributed by atoms with Gasteiger partial charge in [-0.25, -0.2) is 4.39 Å². The zero-order valence-electron chi connectivity index (χ0n) is 11.1. The average Bonchev–Trinajstić information content (AvgIpc) is 2.99. The molecule has 2 fully saturated rings. The van der Waals surface area contributed by atoms with Crippen LogP contribution in [0, 0.1) is 11.7 Å². The standard InChI is InChI=1S/C15H17ClFNO2/c16-13-7-11(17)1-2-12(13)15(4-5-15)9-18-14(19)10-3-6-20-8-10/h1-2,7,10H,3-6,8-9H2,(H,18,19)/t10-/m0/s1. The molecule has 0 bridgehead atoms. The minimum atomic E-state index is -0.332. The van der Waals surface area contributed by atoms with Gasteiger partial charge in [-0.2, -0.15) is 0 Å². The number of halogens is 2. The van der Waals surface area contributed by atoms with Crippen LogP contribution in [0.5, 0.6) is 0 Å². The molecule has 1 aliphatic heterocycles. The van der Waals surface area contributed by atoms with Crippen molar-refractivity contribution >= 4 is 17.5 Å². The fourth-order valence-electron chi connectivity index (χ4n) is 2.75. The zero-order chi connectivity index (χ0) is 14.2. The summed E-state index contributed by atoms with van der Waals surface area (Å²) < 4.78 is 18.3. The largest absolute Gasteiger partial charge is 0.381 e. The Kier molecular flexibility index (Phi) is 3.69. The van der Waals surface area contributed by atoms with E-state index in [1.807, 2.05) is 0 Å². The molecule has 1 amide bonds. The number of carbonyl (C=O) groups is 1. The van der Waals surface area contributed by atoms with Crippen molar-refractivity contribution in [1.29, 1.82) is 0 Å². The Labute approximate surface area is 122 Å². The second-order valence-corrected chi connectivity index (χ2v) is 6.09. The summed E-state index contributed by atoms with van der Waals surface area (Å²) in [6, 6.07) is 4.49. The third-order valence-electron chi connectivity index (χ3n) is 4.26. The van der Waals surface area contributed by atoms with Gasteiger partial charge in [-0.3, -0.25) is 4.79 Å². The van der Waals surface area contributed by atoms with Gasteiger partial charge in [0.2, 0.25) is 5.91 Å². The van der Waals surface area contributed by atoms with Crippen LogP contribution in [-0.4, -0.2) is 25.7 Å². The van der Waals surface area contributed by atoms with Gasteiger partial charge in [-0.15, -0.1) is 0 Å². The fraction of sp³-hybridized carbons (Fsp3) is 0.533. The van der Waals surface area contributed by atoms with Gasteiger partial charge >= 0.3 is 0 Å². The van der Waals surface area contributed by atoms with Gasteiger partial charge in [0.15, 0.2) is 0 Å². The second kappa shape index (κ2) is 5.34. The summed E-state index contributed by atoms with van der Waals surface area (Å²) in [6.07, 6.45) is 2.73. The third kappa shape index (κ3) is 2.67. The monoisotopic (exact) mass is 297 g/mol. The lowest BCUT2D eigenvalue weighted by Gasteiger charge is -2.19. The van der Waals surface area contributed by atoms with E-state index in [0.29, 0.717) is 24.8 Å². The predicted octanol–water partition coefficient (Wildman–Crippen LogP) is 2.66. The number of benzene rings is 1. The lowest BCUT2D eigenvalue weighted by molar-refractivity contribution is -0.125. The van der Waals surface area contributed by atoms with Gasteiger partial charge in [-0.05, 0) is 37.0 Å². The van der Waals surface area contributed by atoms with E-state index in [1.165, 1.54) is 12.1 Å². The Hall–Kier alpha value is -1.13. The number of hydrogen-bond acceptors (Lipinski definition) is 2. The summed E-state index contributed by atoms with van der Waals surface area (Å²) in [5.41, 5.74) is 0.823. The summed E-state index contributed by atoms with van der Waals surface area (Å²) in [5.74, 6) is -0.316. The van der Waals surface area contributed by atoms with Crippen LogP contribution in [0.4, 0.5) is 4.39 Å². The first kappa shape index (κ1) is 13.8. The summed E-state index contributed by atoms with van der Waals surface area (Å²) in [7, 11) is 0. The van der Waals surface area contributed by atoms with Crippen molar-refractivity contribution in [1.82, 2.24) is 5.32 Å². The third-order valence-corrected chi connectivity index (χ3v) is 4.57. The molecular formula is C15H17ClFNO2. The van der Waals surface area contributed by atoms with E-state index >= 15 is 0 Å². The Morgan fingerprint density at radius 1 is 1.50 bits per heavy atom. The maximum atomic E-state index is 13.1. The van der Waals surface area contributed by atoms with Crippen LogP contribution in [0.2, 0.25) is 5.02 Å². The highest BCUT2D eigenvalue weighted by Gasteiger charge is 2.46. The molecule has 0 unspecified atom stereocenters. The number of nitrogens with one attached hydrogen (secondary N) is 1. The summed E-state index contributed by atoms with van der Waals surface area (Å²) in [4.78, 5) is 12.0. The van der Waals surface area contributed by atoms with E-state index in [9.17, 15) is 9.18 Å². The van der Waals surface area contributed by atoms with Gasteiger partial charge in [0.05, 0.1) is 12.5 Å². The Bertz CT molecular complexity index is 525. The maximum absolute atomic E-state index is 13.1. The molecule has 3 nitrogen and oxygen atoms in total. The summed E-state index contributed by atoms with van der Waals surface area (Å²) >= 11 is 6.12. The van der Waals surface area contributed by atoms with Crippen LogP contribution in [0.3, 0.4) is 0 Å². The molecular weight excluding hydrogens is 281 g/mol. The van der Waals surface area contributed by atoms with Crippen LogP contribution in [0.1, 0.15) is 24.8 Å². The molecule has 0 spiro atoms. The molecule has 3 rings (SSSR count). The van der Waals surface area contributed by atoms with Crippen LogP contribution >= 0.6 is 11.6 Å². The molecule has 1 heterocycles. The van der Waals surface area contributed by atoms with E-state index in [-0.39, 0.29) is 23.1 Å². The molecule has 1 atom stereocenters. The highest BCUT2D eigenvalue weighted by molar-refractivity contribution is 6.31. The molecule has 20 heavy (non-hydrogen) atoms. The van der Waals surface area contributed by atoms with E-state index in [4.69, 9.17) is 16.3 Å². The second-order valence-electron chi connectivity index (χ2n) is 5.68. The van der Waals surface area contributed by atoms with Crippen LogP contribution in [0.25, 0.3) is 0 Å². The quantitative estimate of drug-likeness (QED) is 0.928. The number of ether oxygens (including phenoxy) is 1. The molecule has 1 aromatic carbocycles. The Morgan fingerprint density at radius 2 is 2.30 bits per heavy atom. The molecule has 1 aliphatic carbocycles. The summed E-state index contributed by atoms with van der Waals surface area (Å²) in [6.45, 7) is 1.73. The normalized spacial score (nSPS) is 23.6. The van der Waals surface area contributed by atoms with Crippen molar-refractivity contribution in [2.24, 2.45) is 5.92 Å². The number of hydrogen-bond donors (Lipinski definition) is 1. The molecule has 0 radical (unpaired) electrons. The van der Waals surface area contributed by atoms with Crippen molar-refractivity contribution in [3.8, 4) is 0 Å². The fourth-order valence-corrected chi connectivity index (χ4v) is 3.12. The minimum absolute atomic E-state index is 0.0329. The average molecular weight is 298 g/mol. The van der Waals surface area contributed by atoms with Crippen molar-refractivity contribution in [2.45, 2.75) is 24.7 Å². The van der Waals surface area contributed by atoms with Crippen molar-refractivity contribution < 1.29 is 13.9 Å². The van der Waals surface area contributed by atoms with Gasteiger partial charge in [0, 0.05) is 23.6 Å². The van der Waals surface area contributed by atoms with E-state index < -0.39 is 0 Å². The first-order chi connectivity index (χ1) is 9.61. The van der Waals surface area contributed by atoms with Gasteiger partial charge in [0.25, 0.3) is 0 Å². The lowest BCUT2D eigenvalue weighted by atomic mass is 9.95. The topological polar surface area (TPSA) is 38.3 Å². The molecule has 5 heteroatoms. The van der Waals surface area contributed by atoms with E-state index in [1.54, 1.807) is 6.07 Å². The van der Waals surface area contributed by atoms with Crippen molar-refractivity contribution in [3.63, 3.8) is 0 Å². The van der Waals surface area contributed by atoms with E-state index in [2.05, 4.69) is 5.32 Å². The zero-order valence-corrected chi connectivity index (χ0v) is 11.9. The smallest absolute Gasteiger partial charge is 0.225 e. The molecule has 108 valence electrons. The molecule has 1 saturated carbocycles. The maximum Gasteiger partial charge on any atom is 0.225 e. The van der Waals surface area contributed by atoms with Crippen LogP contribution in [-0.2, 0) is 14.9 Å². The highest BCUT2D eigenvalue weighted by atomic mass is 35.5. The lowest BCUT2D eigenvalue weighted by Crippen LogP contribution is -2.36. The molecule has 0 aromatic heterocycles. The number of rotatable bonds is 4. The van der Waals surface area contributed by atoms with Crippen LogP contribution in [0.15, 0.2) is 18.2 Å². The van der Waals surface area contributed by atoms with Gasteiger partial charge < -0.3 is 10.1 Å². The Morgan fingerprint density at radius 3 is 2.90 bits per heavy atom. The first-order valence-electron chi connectivity index (χ1n) is 6.92. The molecule has 1 N–H and O–H groups in total. The number of carbonyl (C=O) groups excluding carboxylic acids is 1. The molecule has 1 saturated heterocycles. The summed E-state index contributed by atoms with van der Waals surface area (Å²) in [5, 5.41) is 3.44. The highest BCUT2D eigenvalue weighted by Crippen LogP contribution is 2.50. The first-order valence-corrected chi connectivity index (χ1v) is 7.29. The van der Waals surface area contributed by atoms with Gasteiger partial charge in [-0.1, -0.05) is 17.7 Å². The van der Waals surface area contributed by atoms with Crippen LogP contribution < -0.4 is 5.32 Å². The van der Waals surface area contributed by atoms with Crippen molar-refractivity contribution in [3.05, 3.63) is 34.6 Å². The van der Waals surface area contributed by atoms with Crippen molar-refractivity contribution in [2.75, 3.05) is 19.8 Å². The predicted molar refractivity (Wildman–Crippen MR) is 74.3 cm³/mol. The molecule has 2 aliphatic rings. The minimum Gasteiger partial charge on any atom is -0.381 e. The van der Waals surface area contributed by atoms with E-state index in [0.717, 1.165) is 24.8 Å². The SMILES string of the molecule is O=C(NCC1(c2ccc(F)cc2Cl)CC1)[C@H]1CCOC1. The van der Waals surface area contributed by atoms with Gasteiger partial charge in [0.1, 0.15) is 5.82 Å². The molecule has 1 aromatic rings. The Balaban J connectivity index is 1.65.